The van der Waals surface area contributed by atoms with Gasteiger partial charge in [0.05, 0.1) is 0 Å². The first kappa shape index (κ1) is 20.0. The van der Waals surface area contributed by atoms with Gasteiger partial charge in [-0.25, -0.2) is 0 Å². The molecule has 0 bridgehead atoms. The molecule has 1 heterocycles. The second-order valence-electron chi connectivity index (χ2n) is 6.43. The molecule has 134 valence electrons. The highest BCUT2D eigenvalue weighted by molar-refractivity contribution is 5.94. The molecule has 4 nitrogen and oxygen atoms in total. The van der Waals surface area contributed by atoms with Gasteiger partial charge in [-0.15, -0.1) is 5.12 Å². The van der Waals surface area contributed by atoms with Crippen LogP contribution in [0.5, 0.6) is 0 Å². The quantitative estimate of drug-likeness (QED) is 0.525. The molecule has 4 heteroatoms. The molecule has 1 rings (SSSR count). The van der Waals surface area contributed by atoms with Gasteiger partial charge in [0, 0.05) is 24.4 Å². The summed E-state index contributed by atoms with van der Waals surface area (Å²) in [6.45, 7) is 10.6. The summed E-state index contributed by atoms with van der Waals surface area (Å²) in [7, 11) is 0. The summed E-state index contributed by atoms with van der Waals surface area (Å²) in [5, 5.41) is 4.33. The molecule has 0 aromatic rings. The number of nitrogens with zero attached hydrogens (tertiary/aromatic N) is 2. The van der Waals surface area contributed by atoms with Gasteiger partial charge in [-0.1, -0.05) is 59.3 Å². The molecule has 0 aromatic carbocycles. The van der Waals surface area contributed by atoms with Crippen LogP contribution >= 0.6 is 0 Å². The maximum absolute atomic E-state index is 12.5. The number of hydrogen-bond acceptors (Lipinski definition) is 3. The van der Waals surface area contributed by atoms with Gasteiger partial charge < -0.3 is 0 Å². The van der Waals surface area contributed by atoms with Crippen LogP contribution in [-0.2, 0) is 4.79 Å². The molecule has 0 saturated carbocycles. The van der Waals surface area contributed by atoms with Gasteiger partial charge in [0.25, 0.3) is 5.91 Å². The lowest BCUT2D eigenvalue weighted by Crippen LogP contribution is -2.57. The Labute approximate surface area is 143 Å². The highest BCUT2D eigenvalue weighted by Gasteiger charge is 2.29. The molecule has 0 unspecified atom stereocenters. The average Bonchev–Trinajstić information content (AvgIpc) is 2.56. The van der Waals surface area contributed by atoms with E-state index in [2.05, 4.69) is 38.1 Å². The normalized spacial score (nSPS) is 16.2. The van der Waals surface area contributed by atoms with Gasteiger partial charge in [-0.05, 0) is 32.6 Å². The first-order valence-electron chi connectivity index (χ1n) is 9.77. The Balaban J connectivity index is 2.78. The Morgan fingerprint density at radius 2 is 1.52 bits per heavy atom. The van der Waals surface area contributed by atoms with Crippen molar-refractivity contribution in [1.29, 1.82) is 0 Å². The minimum absolute atomic E-state index is 0.116. The third-order valence-corrected chi connectivity index (χ3v) is 4.59. The summed E-state index contributed by atoms with van der Waals surface area (Å²) in [5.74, 6) is 0.116. The van der Waals surface area contributed by atoms with E-state index in [4.69, 9.17) is 0 Å². The number of rotatable bonds is 12. The summed E-state index contributed by atoms with van der Waals surface area (Å²) >= 11 is 0. The van der Waals surface area contributed by atoms with Crippen molar-refractivity contribution in [2.45, 2.75) is 91.9 Å². The maximum Gasteiger partial charge on any atom is 0.264 e. The summed E-state index contributed by atoms with van der Waals surface area (Å²) in [4.78, 5) is 12.5. The molecular weight excluding hydrogens is 286 g/mol. The summed E-state index contributed by atoms with van der Waals surface area (Å²) < 4.78 is 0. The third-order valence-electron chi connectivity index (χ3n) is 4.59. The van der Waals surface area contributed by atoms with Crippen LogP contribution in [0.2, 0.25) is 0 Å². The molecule has 23 heavy (non-hydrogen) atoms. The minimum Gasteiger partial charge on any atom is -0.292 e. The molecule has 0 fully saturated rings. The maximum atomic E-state index is 12.5. The van der Waals surface area contributed by atoms with E-state index in [-0.39, 0.29) is 5.91 Å². The van der Waals surface area contributed by atoms with Crippen LogP contribution in [0.25, 0.3) is 0 Å². The molecule has 0 spiro atoms. The lowest BCUT2D eigenvalue weighted by atomic mass is 10.0. The van der Waals surface area contributed by atoms with Crippen molar-refractivity contribution in [3.05, 3.63) is 11.3 Å². The zero-order valence-corrected chi connectivity index (χ0v) is 15.8. The number of hydrogen-bond donors (Lipinski definition) is 1. The molecule has 0 radical (unpaired) electrons. The molecule has 0 aliphatic carbocycles. The van der Waals surface area contributed by atoms with Crippen LogP contribution in [0.1, 0.15) is 91.9 Å². The van der Waals surface area contributed by atoms with Crippen molar-refractivity contribution in [2.24, 2.45) is 0 Å². The van der Waals surface area contributed by atoms with E-state index < -0.39 is 0 Å². The molecule has 1 aliphatic heterocycles. The monoisotopic (exact) mass is 323 g/mol. The molecule has 0 saturated heterocycles. The summed E-state index contributed by atoms with van der Waals surface area (Å²) in [5.41, 5.74) is 5.33. The smallest absolute Gasteiger partial charge is 0.264 e. The van der Waals surface area contributed by atoms with E-state index in [1.807, 2.05) is 5.12 Å². The predicted octanol–water partition coefficient (Wildman–Crippen LogP) is 4.78. The van der Waals surface area contributed by atoms with E-state index in [0.717, 1.165) is 37.9 Å². The van der Waals surface area contributed by atoms with Crippen LogP contribution in [0.3, 0.4) is 0 Å². The lowest BCUT2D eigenvalue weighted by Gasteiger charge is -2.42. The number of carbonyl (C=O) groups excluding carboxylic acids is 1. The fourth-order valence-corrected chi connectivity index (χ4v) is 3.25. The first-order chi connectivity index (χ1) is 11.2. The van der Waals surface area contributed by atoms with Crippen molar-refractivity contribution in [2.75, 3.05) is 13.1 Å². The number of hydrazine groups is 2. The van der Waals surface area contributed by atoms with E-state index >= 15 is 0 Å². The number of nitrogens with one attached hydrogen (secondary N) is 1. The van der Waals surface area contributed by atoms with Crippen molar-refractivity contribution in [1.82, 2.24) is 15.6 Å². The van der Waals surface area contributed by atoms with Crippen molar-refractivity contribution in [3.8, 4) is 0 Å². The Morgan fingerprint density at radius 3 is 2.09 bits per heavy atom. The molecule has 1 amide bonds. The number of amides is 1. The Kier molecular flexibility index (Phi) is 10.0. The highest BCUT2D eigenvalue weighted by Crippen LogP contribution is 2.25. The van der Waals surface area contributed by atoms with Crippen LogP contribution < -0.4 is 5.43 Å². The first-order valence-corrected chi connectivity index (χ1v) is 9.77. The number of unbranched alkanes of at least 4 members (excludes halogenated alkanes) is 6. The molecular formula is C19H37N3O. The SMILES string of the molecule is CCCCCCC1=C(CC)N(CCCCCC)N(CC)NC1=O. The fourth-order valence-electron chi connectivity index (χ4n) is 3.25. The Morgan fingerprint density at radius 1 is 0.870 bits per heavy atom. The zero-order valence-electron chi connectivity index (χ0n) is 15.8. The summed E-state index contributed by atoms with van der Waals surface area (Å²) in [6, 6.07) is 0. The van der Waals surface area contributed by atoms with Gasteiger partial charge in [-0.2, -0.15) is 0 Å². The Hall–Kier alpha value is -1.03. The van der Waals surface area contributed by atoms with E-state index in [1.165, 1.54) is 50.6 Å². The molecule has 0 atom stereocenters. The van der Waals surface area contributed by atoms with Crippen LogP contribution in [-0.4, -0.2) is 29.1 Å². The largest absolute Gasteiger partial charge is 0.292 e. The van der Waals surface area contributed by atoms with E-state index in [0.29, 0.717) is 0 Å². The van der Waals surface area contributed by atoms with Gasteiger partial charge in [0.15, 0.2) is 0 Å². The summed E-state index contributed by atoms with van der Waals surface area (Å²) in [6.07, 6.45) is 11.7. The number of carbonyl (C=O) groups is 1. The zero-order chi connectivity index (χ0) is 17.1. The van der Waals surface area contributed by atoms with Crippen molar-refractivity contribution >= 4 is 5.91 Å². The Bertz CT molecular complexity index is 379. The second kappa shape index (κ2) is 11.5. The van der Waals surface area contributed by atoms with Crippen molar-refractivity contribution in [3.63, 3.8) is 0 Å². The molecule has 1 aliphatic rings. The van der Waals surface area contributed by atoms with E-state index in [1.54, 1.807) is 0 Å². The van der Waals surface area contributed by atoms with Gasteiger partial charge >= 0.3 is 0 Å². The van der Waals surface area contributed by atoms with Crippen molar-refractivity contribution < 1.29 is 4.79 Å². The van der Waals surface area contributed by atoms with E-state index in [9.17, 15) is 4.79 Å². The molecule has 1 N–H and O–H groups in total. The molecule has 0 aromatic heterocycles. The van der Waals surface area contributed by atoms with Gasteiger partial charge in [0.1, 0.15) is 0 Å². The number of allylic oxidation sites excluding steroid dienone is 1. The third kappa shape index (κ3) is 6.17. The highest BCUT2D eigenvalue weighted by atomic mass is 16.2. The van der Waals surface area contributed by atoms with Crippen LogP contribution in [0.4, 0.5) is 0 Å². The van der Waals surface area contributed by atoms with Crippen LogP contribution in [0.15, 0.2) is 11.3 Å². The second-order valence-corrected chi connectivity index (χ2v) is 6.43. The average molecular weight is 324 g/mol. The van der Waals surface area contributed by atoms with Gasteiger partial charge in [0.2, 0.25) is 0 Å². The fraction of sp³-hybridized carbons (Fsp3) is 0.842. The standard InChI is InChI=1S/C19H37N3O/c1-5-9-11-13-15-17-18(7-3)21(16-14-12-10-6-2)22(8-4)20-19(17)23/h5-16H2,1-4H3,(H,20,23). The predicted molar refractivity (Wildman–Crippen MR) is 97.4 cm³/mol. The lowest BCUT2D eigenvalue weighted by molar-refractivity contribution is -0.136. The van der Waals surface area contributed by atoms with Crippen LogP contribution in [0, 0.1) is 0 Å². The minimum atomic E-state index is 0.116. The topological polar surface area (TPSA) is 35.6 Å². The van der Waals surface area contributed by atoms with Gasteiger partial charge in [-0.3, -0.25) is 15.2 Å².